The topological polar surface area (TPSA) is 388 Å². The van der Waals surface area contributed by atoms with Crippen LogP contribution in [0.15, 0.2) is 36.5 Å². The molecule has 0 aromatic rings. The van der Waals surface area contributed by atoms with Crippen molar-refractivity contribution < 1.29 is 91.8 Å². The van der Waals surface area contributed by atoms with E-state index in [2.05, 4.69) is 31.9 Å². The number of likely N-dealkylation sites (N-methyl/N-ethyl adjacent to an activating group) is 3. The molecule has 4 aliphatic heterocycles. The Labute approximate surface area is 600 Å². The highest BCUT2D eigenvalue weighted by Gasteiger charge is 2.41. The molecule has 13 atom stereocenters. The van der Waals surface area contributed by atoms with Gasteiger partial charge < -0.3 is 76.0 Å². The van der Waals surface area contributed by atoms with Gasteiger partial charge in [-0.15, -0.1) is 0 Å². The van der Waals surface area contributed by atoms with Crippen LogP contribution in [0.25, 0.3) is 0 Å². The molecule has 4 aliphatic rings. The zero-order chi connectivity index (χ0) is 77.5. The molecule has 0 radical (unpaired) electrons. The molecule has 29 nitrogen and oxygen atoms in total. The smallest absolute Gasteiger partial charge is 0.411 e. The molecule has 0 saturated carbocycles. The number of rotatable bonds is 29. The van der Waals surface area contributed by atoms with Crippen LogP contribution in [0.3, 0.4) is 0 Å². The summed E-state index contributed by atoms with van der Waals surface area (Å²) in [4.78, 5) is 149. The number of ether oxygens (including phenoxy) is 4. The highest BCUT2D eigenvalue weighted by atomic mass is 16.6. The highest BCUT2D eigenvalue weighted by Crippen LogP contribution is 2.25. The van der Waals surface area contributed by atoms with Crippen LogP contribution in [0, 0.1) is 17.8 Å². The van der Waals surface area contributed by atoms with Crippen LogP contribution in [-0.4, -0.2) is 240 Å². The number of carboxylic acids is 3. The van der Waals surface area contributed by atoms with E-state index < -0.39 is 101 Å². The number of unbranched alkanes of at least 4 members (excludes halogenated alkanes) is 1. The van der Waals surface area contributed by atoms with E-state index >= 15 is 0 Å². The number of amides is 7. The first-order chi connectivity index (χ1) is 47.2. The highest BCUT2D eigenvalue weighted by molar-refractivity contribution is 5.93. The second-order valence-electron chi connectivity index (χ2n) is 27.8. The number of methoxy groups -OCH3 is 2. The SMILES string of the molecule is CC(C)(C)OC(=O)N1CCCC1C(=O)O.CCCC(NC(=O)C1CCCN1C(=O)[C@@H](C)/C=C/[C@H](C)NC)C(=O)O.CCCC(NC(=O)C1CCCN1C(=O)[C@@H](C)/C=C/[C@H](C)NC)C(=O)OC.CCCC[C@H](NC(=O)C1CCCN1C(=O)OC(C)(C)C)C(=O)OC.CN[C@@H](C)/C=C/[C@H](C)C(=O)O. The van der Waals surface area contributed by atoms with Crippen molar-refractivity contribution in [2.75, 3.05) is 61.5 Å². The zero-order valence-corrected chi connectivity index (χ0v) is 64.1. The summed E-state index contributed by atoms with van der Waals surface area (Å²) in [5.74, 6) is -5.85. The second-order valence-corrected chi connectivity index (χ2v) is 27.8. The van der Waals surface area contributed by atoms with Crippen molar-refractivity contribution in [3.05, 3.63) is 36.5 Å². The van der Waals surface area contributed by atoms with Gasteiger partial charge in [-0.2, -0.15) is 0 Å². The molecule has 9 N–H and O–H groups in total. The molecule has 0 bridgehead atoms. The number of carboxylic acid groups (broad SMARTS) is 3. The summed E-state index contributed by atoms with van der Waals surface area (Å²) in [6.07, 6.45) is 19.9. The molecule has 0 aromatic carbocycles. The van der Waals surface area contributed by atoms with E-state index in [1.54, 1.807) is 64.3 Å². The molecule has 6 unspecified atom stereocenters. The molecule has 0 aromatic heterocycles. The van der Waals surface area contributed by atoms with Gasteiger partial charge in [0.25, 0.3) is 0 Å². The zero-order valence-electron chi connectivity index (χ0n) is 64.1. The molecule has 7 amide bonds. The lowest BCUT2D eigenvalue weighted by Gasteiger charge is -2.28. The van der Waals surface area contributed by atoms with Crippen LogP contribution >= 0.6 is 0 Å². The normalized spacial score (nSPS) is 20.0. The van der Waals surface area contributed by atoms with Crippen LogP contribution in [0.2, 0.25) is 0 Å². The van der Waals surface area contributed by atoms with Crippen molar-refractivity contribution >= 4 is 71.6 Å². The van der Waals surface area contributed by atoms with Gasteiger partial charge in [-0.1, -0.05) is 96.8 Å². The van der Waals surface area contributed by atoms with Crippen molar-refractivity contribution in [3.63, 3.8) is 0 Å². The average Bonchev–Trinajstić information content (AvgIpc) is 1.75. The molecule has 0 aliphatic carbocycles. The first-order valence-corrected chi connectivity index (χ1v) is 35.7. The number of hydrogen-bond acceptors (Lipinski definition) is 19. The number of nitrogens with one attached hydrogen (secondary N) is 6. The molecule has 101 heavy (non-hydrogen) atoms. The molecule has 29 heteroatoms. The number of likely N-dealkylation sites (tertiary alicyclic amines) is 4. The summed E-state index contributed by atoms with van der Waals surface area (Å²) in [5.41, 5.74) is -1.20. The fourth-order valence-electron chi connectivity index (χ4n) is 10.6. The summed E-state index contributed by atoms with van der Waals surface area (Å²) in [6, 6.07) is -4.09. The molecule has 4 saturated heterocycles. The third kappa shape index (κ3) is 35.7. The van der Waals surface area contributed by atoms with Gasteiger partial charge in [0.1, 0.15) is 53.5 Å². The van der Waals surface area contributed by atoms with Gasteiger partial charge in [-0.05, 0) is 161 Å². The fourth-order valence-corrected chi connectivity index (χ4v) is 10.6. The predicted molar refractivity (Wildman–Crippen MR) is 384 cm³/mol. The van der Waals surface area contributed by atoms with Gasteiger partial charge in [0.05, 0.1) is 32.0 Å². The van der Waals surface area contributed by atoms with E-state index in [-0.39, 0.29) is 59.5 Å². The number of esters is 2. The molecular weight excluding hydrogens is 1310 g/mol. The van der Waals surface area contributed by atoms with Crippen molar-refractivity contribution in [2.24, 2.45) is 17.8 Å². The van der Waals surface area contributed by atoms with Gasteiger partial charge in [-0.3, -0.25) is 38.6 Å². The Morgan fingerprint density at radius 1 is 0.426 bits per heavy atom. The Hall–Kier alpha value is -7.66. The van der Waals surface area contributed by atoms with Crippen molar-refractivity contribution in [1.29, 1.82) is 0 Å². The van der Waals surface area contributed by atoms with Crippen LogP contribution in [0.1, 0.15) is 200 Å². The van der Waals surface area contributed by atoms with Gasteiger partial charge in [0.2, 0.25) is 29.5 Å². The summed E-state index contributed by atoms with van der Waals surface area (Å²) < 4.78 is 20.0. The van der Waals surface area contributed by atoms with Crippen molar-refractivity contribution in [1.82, 2.24) is 51.5 Å². The van der Waals surface area contributed by atoms with Gasteiger partial charge in [-0.25, -0.2) is 28.8 Å². The van der Waals surface area contributed by atoms with Crippen LogP contribution < -0.4 is 31.9 Å². The van der Waals surface area contributed by atoms with Crippen molar-refractivity contribution in [3.8, 4) is 0 Å². The van der Waals surface area contributed by atoms with E-state index in [0.717, 1.165) is 44.9 Å². The first kappa shape index (κ1) is 93.3. The van der Waals surface area contributed by atoms with E-state index in [1.807, 2.05) is 107 Å². The average molecular weight is 1440 g/mol. The predicted octanol–water partition coefficient (Wildman–Crippen LogP) is 6.96. The number of hydrogen-bond donors (Lipinski definition) is 9. The quantitative estimate of drug-likeness (QED) is 0.0207. The summed E-state index contributed by atoms with van der Waals surface area (Å²) in [7, 11) is 8.15. The van der Waals surface area contributed by atoms with Crippen LogP contribution in [0.5, 0.6) is 0 Å². The molecular formula is C72H126N10O19. The minimum atomic E-state index is -1.04. The lowest BCUT2D eigenvalue weighted by Crippen LogP contribution is -2.51. The van der Waals surface area contributed by atoms with E-state index in [1.165, 1.54) is 24.0 Å². The number of carbonyl (C=O) groups is 12. The third-order valence-electron chi connectivity index (χ3n) is 16.8. The number of nitrogens with zero attached hydrogens (tertiary/aromatic N) is 4. The lowest BCUT2D eigenvalue weighted by molar-refractivity contribution is -0.147. The largest absolute Gasteiger partial charge is 0.481 e. The Morgan fingerprint density at radius 3 is 1.04 bits per heavy atom. The van der Waals surface area contributed by atoms with Crippen molar-refractivity contribution in [2.45, 2.75) is 272 Å². The van der Waals surface area contributed by atoms with Gasteiger partial charge >= 0.3 is 42.0 Å². The molecule has 4 fully saturated rings. The van der Waals surface area contributed by atoms with E-state index in [0.29, 0.717) is 77.5 Å². The minimum Gasteiger partial charge on any atom is -0.481 e. The third-order valence-corrected chi connectivity index (χ3v) is 16.8. The van der Waals surface area contributed by atoms with Gasteiger partial charge in [0.15, 0.2) is 0 Å². The summed E-state index contributed by atoms with van der Waals surface area (Å²) in [5, 5.41) is 43.8. The lowest BCUT2D eigenvalue weighted by atomic mass is 10.1. The molecule has 4 heterocycles. The maximum atomic E-state index is 12.7. The molecule has 0 spiro atoms. The Morgan fingerprint density at radius 2 is 0.733 bits per heavy atom. The van der Waals surface area contributed by atoms with E-state index in [4.69, 9.17) is 29.2 Å². The number of aliphatic carboxylic acids is 3. The minimum absolute atomic E-state index is 0.0627. The maximum Gasteiger partial charge on any atom is 0.411 e. The fraction of sp³-hybridized carbons (Fsp3) is 0.750. The molecule has 4 rings (SSSR count). The van der Waals surface area contributed by atoms with Crippen LogP contribution in [0.4, 0.5) is 9.59 Å². The Kier molecular flexibility index (Phi) is 44.6. The summed E-state index contributed by atoms with van der Waals surface area (Å²) in [6.45, 7) is 29.7. The molecule has 578 valence electrons. The Bertz CT molecular complexity index is 2710. The van der Waals surface area contributed by atoms with Crippen LogP contribution in [-0.2, 0) is 66.9 Å². The maximum absolute atomic E-state index is 12.7. The first-order valence-electron chi connectivity index (χ1n) is 35.7. The summed E-state index contributed by atoms with van der Waals surface area (Å²) >= 11 is 0. The van der Waals surface area contributed by atoms with Gasteiger partial charge in [0, 0.05) is 44.3 Å². The monoisotopic (exact) mass is 1430 g/mol. The standard InChI is InChI=1S/C19H33N3O4.C18H31N3O4.C17H30N2O5.C10H17NO4.C8H15NO2/c1-6-8-15(19(25)26-5)21-17(23)16-9-7-12-22(16)18(24)13(2)10-11-14(3)20-4;1-5-7-14(18(24)25)20-16(22)15-8-6-11-21(15)17(23)12(2)9-10-13(3)19-4;1-6-7-9-12(15(21)23-5)18-14(20)13-10-8-11-19(13)16(22)24-17(2,3)4;1-10(2,3)15-9(14)11-6-4-5-7(11)8(12)13;1-6(8(10)11)4-5-7(2)9-3/h10-11,13-16,20H,6-9,12H2,1-5H3,(H,21,23);9-10,12-15,19H,5-8,11H2,1-4H3,(H,20,22)(H,24,25);12-13H,6-11H2,1-5H3,(H,18,20);7H,4-6H2,1-3H3,(H,12,13);4-7,9H,1-3H3,(H,10,11)/b11-10+;10-9+;;;5-4+/t13-,14-,15?,16?;12-,13-,14?,15?;12-,13?;;6-,7-/m000.0/s1. The number of carbonyl (C=O) groups excluding carboxylic acids is 9. The second kappa shape index (κ2) is 48.3. The van der Waals surface area contributed by atoms with E-state index in [9.17, 15) is 62.6 Å². The Balaban J connectivity index is 0.00000127.